The first-order valence-corrected chi connectivity index (χ1v) is 4.23. The SMILES string of the molecule is CCOC(=O)[C@@H](C#N)[C@H](C)CC. The zero-order chi connectivity index (χ0) is 9.56. The van der Waals surface area contributed by atoms with E-state index in [-0.39, 0.29) is 5.92 Å². The molecule has 0 saturated carbocycles. The van der Waals surface area contributed by atoms with Crippen LogP contribution in [0.1, 0.15) is 27.2 Å². The Bertz CT molecular complexity index is 183. The second-order valence-corrected chi connectivity index (χ2v) is 2.74. The summed E-state index contributed by atoms with van der Waals surface area (Å²) in [7, 11) is 0. The Kier molecular flexibility index (Phi) is 5.11. The molecule has 2 atom stereocenters. The van der Waals surface area contributed by atoms with Crippen LogP contribution in [0.15, 0.2) is 0 Å². The molecule has 0 rings (SSSR count). The summed E-state index contributed by atoms with van der Waals surface area (Å²) in [6, 6.07) is 1.96. The highest BCUT2D eigenvalue weighted by molar-refractivity contribution is 5.75. The van der Waals surface area contributed by atoms with Crippen molar-refractivity contribution in [2.45, 2.75) is 27.2 Å². The Balaban J connectivity index is 4.16. The Morgan fingerprint density at radius 2 is 2.17 bits per heavy atom. The minimum atomic E-state index is -0.602. The van der Waals surface area contributed by atoms with Crippen LogP contribution < -0.4 is 0 Å². The zero-order valence-corrected chi connectivity index (χ0v) is 7.83. The molecule has 0 aromatic carbocycles. The van der Waals surface area contributed by atoms with Gasteiger partial charge in [-0.05, 0) is 12.8 Å². The van der Waals surface area contributed by atoms with E-state index in [1.807, 2.05) is 19.9 Å². The second-order valence-electron chi connectivity index (χ2n) is 2.74. The second kappa shape index (κ2) is 5.59. The quantitative estimate of drug-likeness (QED) is 0.602. The van der Waals surface area contributed by atoms with Gasteiger partial charge in [-0.15, -0.1) is 0 Å². The van der Waals surface area contributed by atoms with Crippen LogP contribution in [0.4, 0.5) is 0 Å². The van der Waals surface area contributed by atoms with Crippen molar-refractivity contribution in [1.29, 1.82) is 5.26 Å². The molecule has 0 N–H and O–H groups in total. The van der Waals surface area contributed by atoms with Gasteiger partial charge in [0.05, 0.1) is 12.7 Å². The summed E-state index contributed by atoms with van der Waals surface area (Å²) in [6.45, 7) is 5.91. The van der Waals surface area contributed by atoms with Gasteiger partial charge in [0.1, 0.15) is 5.92 Å². The van der Waals surface area contributed by atoms with Gasteiger partial charge in [-0.1, -0.05) is 20.3 Å². The third-order valence-corrected chi connectivity index (χ3v) is 1.89. The van der Waals surface area contributed by atoms with E-state index in [2.05, 4.69) is 0 Å². The lowest BCUT2D eigenvalue weighted by molar-refractivity contribution is -0.147. The number of carbonyl (C=O) groups excluding carboxylic acids is 1. The molecule has 12 heavy (non-hydrogen) atoms. The third kappa shape index (κ3) is 2.91. The largest absolute Gasteiger partial charge is 0.465 e. The van der Waals surface area contributed by atoms with Gasteiger partial charge in [0.2, 0.25) is 0 Å². The number of nitriles is 1. The van der Waals surface area contributed by atoms with E-state index in [0.717, 1.165) is 6.42 Å². The van der Waals surface area contributed by atoms with Crippen LogP contribution in [0.3, 0.4) is 0 Å². The van der Waals surface area contributed by atoms with Crippen molar-refractivity contribution < 1.29 is 9.53 Å². The number of carbonyl (C=O) groups is 1. The predicted molar refractivity (Wildman–Crippen MR) is 45.2 cm³/mol. The molecule has 0 fully saturated rings. The summed E-state index contributed by atoms with van der Waals surface area (Å²) in [5, 5.41) is 8.67. The lowest BCUT2D eigenvalue weighted by atomic mass is 9.93. The van der Waals surface area contributed by atoms with Gasteiger partial charge in [-0.2, -0.15) is 5.26 Å². The van der Waals surface area contributed by atoms with Crippen LogP contribution in [0, 0.1) is 23.2 Å². The van der Waals surface area contributed by atoms with Crippen molar-refractivity contribution in [2.24, 2.45) is 11.8 Å². The maximum Gasteiger partial charge on any atom is 0.323 e. The maximum atomic E-state index is 11.1. The van der Waals surface area contributed by atoms with Gasteiger partial charge < -0.3 is 4.74 Å². The van der Waals surface area contributed by atoms with Gasteiger partial charge >= 0.3 is 5.97 Å². The van der Waals surface area contributed by atoms with Crippen LogP contribution in [0.25, 0.3) is 0 Å². The fourth-order valence-corrected chi connectivity index (χ4v) is 0.880. The monoisotopic (exact) mass is 169 g/mol. The van der Waals surface area contributed by atoms with Crippen molar-refractivity contribution in [3.05, 3.63) is 0 Å². The summed E-state index contributed by atoms with van der Waals surface area (Å²) >= 11 is 0. The molecule has 68 valence electrons. The van der Waals surface area contributed by atoms with Gasteiger partial charge in [-0.25, -0.2) is 0 Å². The highest BCUT2D eigenvalue weighted by atomic mass is 16.5. The van der Waals surface area contributed by atoms with Gasteiger partial charge in [0.15, 0.2) is 0 Å². The lowest BCUT2D eigenvalue weighted by Crippen LogP contribution is -2.22. The number of rotatable bonds is 4. The minimum Gasteiger partial charge on any atom is -0.465 e. The molecular weight excluding hydrogens is 154 g/mol. The first kappa shape index (κ1) is 11.0. The Morgan fingerprint density at radius 1 is 1.58 bits per heavy atom. The predicted octanol–water partition coefficient (Wildman–Crippen LogP) is 1.74. The van der Waals surface area contributed by atoms with Crippen molar-refractivity contribution in [3.8, 4) is 6.07 Å². The lowest BCUT2D eigenvalue weighted by Gasteiger charge is -2.13. The zero-order valence-electron chi connectivity index (χ0n) is 7.83. The number of nitrogens with zero attached hydrogens (tertiary/aromatic N) is 1. The van der Waals surface area contributed by atoms with Gasteiger partial charge in [-0.3, -0.25) is 4.79 Å². The molecule has 0 aromatic heterocycles. The van der Waals surface area contributed by atoms with Crippen LogP contribution in [-0.4, -0.2) is 12.6 Å². The van der Waals surface area contributed by atoms with E-state index in [0.29, 0.717) is 6.61 Å². The summed E-state index contributed by atoms with van der Waals surface area (Å²) < 4.78 is 4.76. The smallest absolute Gasteiger partial charge is 0.323 e. The minimum absolute atomic E-state index is 0.0778. The Labute approximate surface area is 73.3 Å². The molecular formula is C9H15NO2. The molecule has 0 heterocycles. The number of ether oxygens (including phenoxy) is 1. The molecule has 0 aliphatic carbocycles. The molecule has 0 spiro atoms. The number of hydrogen-bond acceptors (Lipinski definition) is 3. The summed E-state index contributed by atoms with van der Waals surface area (Å²) in [5.41, 5.74) is 0. The maximum absolute atomic E-state index is 11.1. The number of hydrogen-bond donors (Lipinski definition) is 0. The fourth-order valence-electron chi connectivity index (χ4n) is 0.880. The first-order chi connectivity index (χ1) is 5.67. The van der Waals surface area contributed by atoms with Crippen molar-refractivity contribution in [1.82, 2.24) is 0 Å². The molecule has 0 bridgehead atoms. The summed E-state index contributed by atoms with van der Waals surface area (Å²) in [4.78, 5) is 11.1. The molecule has 0 radical (unpaired) electrons. The van der Waals surface area contributed by atoms with E-state index in [1.165, 1.54) is 0 Å². The normalized spacial score (nSPS) is 14.5. The van der Waals surface area contributed by atoms with E-state index < -0.39 is 11.9 Å². The van der Waals surface area contributed by atoms with Gasteiger partial charge in [0.25, 0.3) is 0 Å². The highest BCUT2D eigenvalue weighted by Crippen LogP contribution is 2.15. The Hall–Kier alpha value is -1.04. The Morgan fingerprint density at radius 3 is 2.50 bits per heavy atom. The average Bonchev–Trinajstić information content (AvgIpc) is 2.06. The highest BCUT2D eigenvalue weighted by Gasteiger charge is 2.24. The van der Waals surface area contributed by atoms with Crippen LogP contribution in [0.5, 0.6) is 0 Å². The molecule has 3 heteroatoms. The third-order valence-electron chi connectivity index (χ3n) is 1.89. The van der Waals surface area contributed by atoms with E-state index in [1.54, 1.807) is 6.92 Å². The van der Waals surface area contributed by atoms with Crippen LogP contribution in [-0.2, 0) is 9.53 Å². The van der Waals surface area contributed by atoms with Gasteiger partial charge in [0, 0.05) is 0 Å². The average molecular weight is 169 g/mol. The van der Waals surface area contributed by atoms with E-state index in [4.69, 9.17) is 10.00 Å². The van der Waals surface area contributed by atoms with Crippen molar-refractivity contribution in [3.63, 3.8) is 0 Å². The van der Waals surface area contributed by atoms with E-state index >= 15 is 0 Å². The number of esters is 1. The molecule has 0 aromatic rings. The van der Waals surface area contributed by atoms with Crippen LogP contribution >= 0.6 is 0 Å². The molecule has 0 aliphatic rings. The van der Waals surface area contributed by atoms with Crippen molar-refractivity contribution >= 4 is 5.97 Å². The first-order valence-electron chi connectivity index (χ1n) is 4.23. The summed E-state index contributed by atoms with van der Waals surface area (Å²) in [6.07, 6.45) is 0.817. The summed E-state index contributed by atoms with van der Waals surface area (Å²) in [5.74, 6) is -0.918. The van der Waals surface area contributed by atoms with E-state index in [9.17, 15) is 4.79 Å². The molecule has 0 aliphatic heterocycles. The van der Waals surface area contributed by atoms with Crippen molar-refractivity contribution in [2.75, 3.05) is 6.61 Å². The molecule has 3 nitrogen and oxygen atoms in total. The molecule has 0 saturated heterocycles. The molecule has 0 amide bonds. The fraction of sp³-hybridized carbons (Fsp3) is 0.778. The standard InChI is InChI=1S/C9H15NO2/c1-4-7(3)8(6-10)9(11)12-5-2/h7-8H,4-5H2,1-3H3/t7-,8+/m1/s1. The molecule has 0 unspecified atom stereocenters. The van der Waals surface area contributed by atoms with Crippen LogP contribution in [0.2, 0.25) is 0 Å². The topological polar surface area (TPSA) is 50.1 Å².